The summed E-state index contributed by atoms with van der Waals surface area (Å²) in [5.41, 5.74) is 1.66. The Morgan fingerprint density at radius 1 is 1.18 bits per heavy atom. The van der Waals surface area contributed by atoms with E-state index in [0.29, 0.717) is 11.4 Å². The van der Waals surface area contributed by atoms with Crippen molar-refractivity contribution in [3.63, 3.8) is 0 Å². The summed E-state index contributed by atoms with van der Waals surface area (Å²) in [6, 6.07) is 6.89. The van der Waals surface area contributed by atoms with E-state index in [0.717, 1.165) is 5.56 Å². The van der Waals surface area contributed by atoms with Gasteiger partial charge in [-0.3, -0.25) is 0 Å². The fraction of sp³-hybridized carbons (Fsp3) is 0.267. The van der Waals surface area contributed by atoms with Crippen molar-refractivity contribution in [3.05, 3.63) is 41.6 Å². The molecule has 1 saturated heterocycles. The Balaban J connectivity index is 2.11. The average Bonchev–Trinajstić information content (AvgIpc) is 2.45. The van der Waals surface area contributed by atoms with Crippen molar-refractivity contribution in [2.75, 3.05) is 5.32 Å². The fourth-order valence-electron chi connectivity index (χ4n) is 1.80. The van der Waals surface area contributed by atoms with Gasteiger partial charge in [-0.25, -0.2) is 9.59 Å². The van der Waals surface area contributed by atoms with Crippen LogP contribution >= 0.6 is 0 Å². The molecule has 1 aliphatic rings. The van der Waals surface area contributed by atoms with E-state index >= 15 is 0 Å². The number of carbonyl (C=O) groups excluding carboxylic acids is 2. The Labute approximate surface area is 127 Å². The lowest BCUT2D eigenvalue weighted by molar-refractivity contribution is -0.222. The summed E-state index contributed by atoms with van der Waals surface area (Å²) in [6.07, 6.45) is 1.24. The number of nitrogens with one attached hydrogen (secondary N) is 1. The summed E-state index contributed by atoms with van der Waals surface area (Å²) in [6.45, 7) is 4.63. The minimum atomic E-state index is -1.26. The molecule has 116 valence electrons. The predicted octanol–water partition coefficient (Wildman–Crippen LogP) is 2.02. The van der Waals surface area contributed by atoms with Crippen LogP contribution in [0.15, 0.2) is 41.2 Å². The van der Waals surface area contributed by atoms with Gasteiger partial charge < -0.3 is 20.0 Å². The maximum Gasteiger partial charge on any atom is 0.350 e. The lowest BCUT2D eigenvalue weighted by atomic mass is 10.1. The summed E-state index contributed by atoms with van der Waals surface area (Å²) >= 11 is 0. The number of rotatable bonds is 3. The molecule has 22 heavy (non-hydrogen) atoms. The maximum absolute atomic E-state index is 11.7. The van der Waals surface area contributed by atoms with E-state index < -0.39 is 17.7 Å². The van der Waals surface area contributed by atoms with Crippen molar-refractivity contribution in [1.29, 1.82) is 0 Å². The van der Waals surface area contributed by atoms with Gasteiger partial charge in [0, 0.05) is 25.7 Å². The van der Waals surface area contributed by atoms with Crippen molar-refractivity contribution in [2.24, 2.45) is 5.16 Å². The largest absolute Gasteiger partial charge is 0.419 e. The number of cyclic esters (lactones) is 2. The van der Waals surface area contributed by atoms with Gasteiger partial charge >= 0.3 is 11.9 Å². The van der Waals surface area contributed by atoms with E-state index in [4.69, 9.17) is 14.7 Å². The third-order valence-corrected chi connectivity index (χ3v) is 2.95. The molecule has 1 aromatic rings. The van der Waals surface area contributed by atoms with Crippen LogP contribution in [0.5, 0.6) is 0 Å². The van der Waals surface area contributed by atoms with Crippen LogP contribution in [0.2, 0.25) is 0 Å². The highest BCUT2D eigenvalue weighted by molar-refractivity contribution is 6.15. The number of carbonyl (C=O) groups is 2. The van der Waals surface area contributed by atoms with E-state index in [1.165, 1.54) is 20.0 Å². The monoisotopic (exact) mass is 304 g/mol. The minimum absolute atomic E-state index is 0.212. The number of nitrogens with zero attached hydrogens (tertiary/aromatic N) is 1. The number of ether oxygens (including phenoxy) is 2. The van der Waals surface area contributed by atoms with E-state index in [1.807, 2.05) is 0 Å². The summed E-state index contributed by atoms with van der Waals surface area (Å²) in [7, 11) is 0. The zero-order valence-corrected chi connectivity index (χ0v) is 12.4. The van der Waals surface area contributed by atoms with Crippen LogP contribution < -0.4 is 5.32 Å². The highest BCUT2D eigenvalue weighted by atomic mass is 16.7. The zero-order chi connectivity index (χ0) is 16.3. The highest BCUT2D eigenvalue weighted by Gasteiger charge is 2.38. The lowest BCUT2D eigenvalue weighted by Crippen LogP contribution is -2.42. The number of hydrogen-bond donors (Lipinski definition) is 2. The van der Waals surface area contributed by atoms with Gasteiger partial charge in [0.25, 0.3) is 5.79 Å². The number of anilines is 1. The molecule has 1 fully saturated rings. The van der Waals surface area contributed by atoms with Gasteiger partial charge in [-0.15, -0.1) is 0 Å². The molecule has 0 radical (unpaired) electrons. The first-order valence-electron chi connectivity index (χ1n) is 6.55. The van der Waals surface area contributed by atoms with Gasteiger partial charge in [0.05, 0.1) is 5.71 Å². The van der Waals surface area contributed by atoms with E-state index in [-0.39, 0.29) is 5.57 Å². The Morgan fingerprint density at radius 2 is 1.73 bits per heavy atom. The summed E-state index contributed by atoms with van der Waals surface area (Å²) < 4.78 is 9.95. The maximum atomic E-state index is 11.7. The third kappa shape index (κ3) is 3.43. The van der Waals surface area contributed by atoms with Crippen molar-refractivity contribution in [2.45, 2.75) is 26.6 Å². The van der Waals surface area contributed by atoms with E-state index in [1.54, 1.807) is 31.2 Å². The Morgan fingerprint density at radius 3 is 2.23 bits per heavy atom. The molecule has 0 aromatic heterocycles. The Bertz CT molecular complexity index is 637. The molecule has 0 saturated carbocycles. The SMILES string of the molecule is C/C(=N/O)c1ccc(NC=C2C(=O)OC(C)(C)OC2=O)cc1. The Hall–Kier alpha value is -2.83. The van der Waals surface area contributed by atoms with Gasteiger partial charge in [0.1, 0.15) is 0 Å². The molecule has 0 atom stereocenters. The third-order valence-electron chi connectivity index (χ3n) is 2.95. The summed E-state index contributed by atoms with van der Waals surface area (Å²) in [5, 5.41) is 14.6. The number of hydrogen-bond acceptors (Lipinski definition) is 7. The molecular formula is C15H16N2O5. The van der Waals surface area contributed by atoms with Gasteiger partial charge in [-0.1, -0.05) is 17.3 Å². The first kappa shape index (κ1) is 15.6. The van der Waals surface area contributed by atoms with Crippen molar-refractivity contribution in [1.82, 2.24) is 0 Å². The van der Waals surface area contributed by atoms with Gasteiger partial charge in [-0.05, 0) is 24.6 Å². The molecule has 0 bridgehead atoms. The molecular weight excluding hydrogens is 288 g/mol. The van der Waals surface area contributed by atoms with Gasteiger partial charge in [0.15, 0.2) is 5.57 Å². The molecule has 2 N–H and O–H groups in total. The van der Waals surface area contributed by atoms with Gasteiger partial charge in [0.2, 0.25) is 0 Å². The predicted molar refractivity (Wildman–Crippen MR) is 78.4 cm³/mol. The van der Waals surface area contributed by atoms with Crippen LogP contribution in [0.1, 0.15) is 26.3 Å². The summed E-state index contributed by atoms with van der Waals surface area (Å²) in [4.78, 5) is 23.5. The normalized spacial score (nSPS) is 17.6. The first-order valence-corrected chi connectivity index (χ1v) is 6.55. The highest BCUT2D eigenvalue weighted by Crippen LogP contribution is 2.22. The minimum Gasteiger partial charge on any atom is -0.419 e. The second-order valence-corrected chi connectivity index (χ2v) is 5.14. The molecule has 7 nitrogen and oxygen atoms in total. The number of oxime groups is 1. The zero-order valence-electron chi connectivity index (χ0n) is 12.4. The standard InChI is InChI=1S/C15H16N2O5/c1-9(17-20)10-4-6-11(7-5-10)16-8-12-13(18)21-15(2,3)22-14(12)19/h4-8,16,20H,1-3H3/b17-9-. The molecule has 0 amide bonds. The van der Waals surface area contributed by atoms with Crippen LogP contribution in [0, 0.1) is 0 Å². The molecule has 2 rings (SSSR count). The lowest BCUT2D eigenvalue weighted by Gasteiger charge is -2.29. The first-order chi connectivity index (χ1) is 10.3. The molecule has 1 heterocycles. The molecule has 0 aliphatic carbocycles. The topological polar surface area (TPSA) is 97.2 Å². The van der Waals surface area contributed by atoms with Crippen LogP contribution in [0.3, 0.4) is 0 Å². The fourth-order valence-corrected chi connectivity index (χ4v) is 1.80. The quantitative estimate of drug-likeness (QED) is 0.221. The van der Waals surface area contributed by atoms with Crippen molar-refractivity contribution in [3.8, 4) is 0 Å². The van der Waals surface area contributed by atoms with Crippen LogP contribution in [-0.2, 0) is 19.1 Å². The molecule has 0 unspecified atom stereocenters. The smallest absolute Gasteiger partial charge is 0.350 e. The second kappa shape index (κ2) is 5.88. The molecule has 1 aromatic carbocycles. The second-order valence-electron chi connectivity index (χ2n) is 5.14. The molecule has 0 spiro atoms. The van der Waals surface area contributed by atoms with Crippen molar-refractivity contribution >= 4 is 23.3 Å². The average molecular weight is 304 g/mol. The van der Waals surface area contributed by atoms with Crippen LogP contribution in [0.25, 0.3) is 0 Å². The number of benzene rings is 1. The van der Waals surface area contributed by atoms with Crippen LogP contribution in [0.4, 0.5) is 5.69 Å². The van der Waals surface area contributed by atoms with Crippen molar-refractivity contribution < 1.29 is 24.3 Å². The van der Waals surface area contributed by atoms with E-state index in [9.17, 15) is 9.59 Å². The van der Waals surface area contributed by atoms with E-state index in [2.05, 4.69) is 10.5 Å². The van der Waals surface area contributed by atoms with Gasteiger partial charge in [-0.2, -0.15) is 0 Å². The molecule has 1 aliphatic heterocycles. The number of esters is 2. The Kier molecular flexibility index (Phi) is 4.16. The molecule has 7 heteroatoms. The van der Waals surface area contributed by atoms with Crippen LogP contribution in [-0.4, -0.2) is 28.6 Å². The summed E-state index contributed by atoms with van der Waals surface area (Å²) in [5.74, 6) is -2.74.